The SMILES string of the molecule is CCS(=O)(=O)N1CCCC(C(=O)Nc2cc(C(=O)O)c(C)cc2C)C1. The number of nitrogens with one attached hydrogen (secondary N) is 1. The number of anilines is 1. The first-order valence-corrected chi connectivity index (χ1v) is 9.90. The molecule has 25 heavy (non-hydrogen) atoms. The number of carboxylic acids is 1. The van der Waals surface area contributed by atoms with Crippen LogP contribution in [0.25, 0.3) is 0 Å². The molecular weight excluding hydrogens is 344 g/mol. The van der Waals surface area contributed by atoms with Gasteiger partial charge in [-0.25, -0.2) is 17.5 Å². The fourth-order valence-corrected chi connectivity index (χ4v) is 4.22. The van der Waals surface area contributed by atoms with Gasteiger partial charge in [0.15, 0.2) is 0 Å². The first kappa shape index (κ1) is 19.4. The van der Waals surface area contributed by atoms with Crippen molar-refractivity contribution in [3.63, 3.8) is 0 Å². The van der Waals surface area contributed by atoms with E-state index in [4.69, 9.17) is 0 Å². The van der Waals surface area contributed by atoms with Crippen molar-refractivity contribution in [1.82, 2.24) is 4.31 Å². The first-order chi connectivity index (χ1) is 11.7. The summed E-state index contributed by atoms with van der Waals surface area (Å²) in [6.07, 6.45) is 1.24. The van der Waals surface area contributed by atoms with Crippen LogP contribution in [0.2, 0.25) is 0 Å². The van der Waals surface area contributed by atoms with E-state index in [1.54, 1.807) is 26.8 Å². The van der Waals surface area contributed by atoms with E-state index in [9.17, 15) is 23.1 Å². The van der Waals surface area contributed by atoms with E-state index >= 15 is 0 Å². The zero-order valence-electron chi connectivity index (χ0n) is 14.7. The molecule has 1 fully saturated rings. The Labute approximate surface area is 148 Å². The Balaban J connectivity index is 2.17. The third kappa shape index (κ3) is 4.38. The van der Waals surface area contributed by atoms with Crippen LogP contribution in [0.15, 0.2) is 12.1 Å². The van der Waals surface area contributed by atoms with Gasteiger partial charge in [0.1, 0.15) is 0 Å². The number of amides is 1. The third-order valence-corrected chi connectivity index (χ3v) is 6.42. The summed E-state index contributed by atoms with van der Waals surface area (Å²) in [5.41, 5.74) is 1.98. The number of rotatable bonds is 5. The third-order valence-electron chi connectivity index (χ3n) is 4.57. The summed E-state index contributed by atoms with van der Waals surface area (Å²) in [4.78, 5) is 23.8. The van der Waals surface area contributed by atoms with Gasteiger partial charge in [-0.05, 0) is 50.8 Å². The lowest BCUT2D eigenvalue weighted by Gasteiger charge is -2.31. The average molecular weight is 368 g/mol. The predicted octanol–water partition coefficient (Wildman–Crippen LogP) is 2.00. The highest BCUT2D eigenvalue weighted by atomic mass is 32.2. The minimum atomic E-state index is -3.32. The van der Waals surface area contributed by atoms with E-state index in [0.717, 1.165) is 5.56 Å². The second-order valence-corrected chi connectivity index (χ2v) is 8.63. The number of carbonyl (C=O) groups is 2. The van der Waals surface area contributed by atoms with Crippen molar-refractivity contribution in [2.24, 2.45) is 5.92 Å². The van der Waals surface area contributed by atoms with Crippen molar-refractivity contribution >= 4 is 27.6 Å². The number of carbonyl (C=O) groups excluding carboxylic acids is 1. The molecule has 7 nitrogen and oxygen atoms in total. The van der Waals surface area contributed by atoms with Crippen LogP contribution in [0.1, 0.15) is 41.3 Å². The largest absolute Gasteiger partial charge is 0.478 e. The summed E-state index contributed by atoms with van der Waals surface area (Å²) >= 11 is 0. The number of sulfonamides is 1. The van der Waals surface area contributed by atoms with Crippen molar-refractivity contribution in [2.75, 3.05) is 24.2 Å². The van der Waals surface area contributed by atoms with Crippen LogP contribution in [-0.2, 0) is 14.8 Å². The van der Waals surface area contributed by atoms with Gasteiger partial charge in [-0.2, -0.15) is 0 Å². The highest BCUT2D eigenvalue weighted by Crippen LogP contribution is 2.24. The van der Waals surface area contributed by atoms with Gasteiger partial charge < -0.3 is 10.4 Å². The van der Waals surface area contributed by atoms with E-state index in [1.165, 1.54) is 10.4 Å². The minimum absolute atomic E-state index is 0.0143. The van der Waals surface area contributed by atoms with Crippen LogP contribution in [0.5, 0.6) is 0 Å². The molecule has 0 aliphatic carbocycles. The Bertz CT molecular complexity index is 788. The Kier molecular flexibility index (Phi) is 5.84. The lowest BCUT2D eigenvalue weighted by Crippen LogP contribution is -2.44. The van der Waals surface area contributed by atoms with E-state index in [1.807, 2.05) is 0 Å². The molecule has 0 aromatic heterocycles. The topological polar surface area (TPSA) is 104 Å². The van der Waals surface area contributed by atoms with E-state index in [-0.39, 0.29) is 23.8 Å². The first-order valence-electron chi connectivity index (χ1n) is 8.29. The molecule has 1 saturated heterocycles. The van der Waals surface area contributed by atoms with Crippen molar-refractivity contribution in [3.05, 3.63) is 28.8 Å². The lowest BCUT2D eigenvalue weighted by molar-refractivity contribution is -0.120. The second-order valence-electron chi connectivity index (χ2n) is 6.37. The predicted molar refractivity (Wildman–Crippen MR) is 95.3 cm³/mol. The lowest BCUT2D eigenvalue weighted by atomic mass is 9.98. The van der Waals surface area contributed by atoms with Gasteiger partial charge in [0.05, 0.1) is 17.2 Å². The summed E-state index contributed by atoms with van der Waals surface area (Å²) in [5.74, 6) is -1.75. The fraction of sp³-hybridized carbons (Fsp3) is 0.529. The molecule has 0 radical (unpaired) electrons. The molecule has 0 saturated carbocycles. The number of piperidine rings is 1. The quantitative estimate of drug-likeness (QED) is 0.827. The van der Waals surface area contributed by atoms with Gasteiger partial charge in [0.2, 0.25) is 15.9 Å². The molecule has 1 heterocycles. The van der Waals surface area contributed by atoms with Crippen LogP contribution in [-0.4, -0.2) is 48.5 Å². The van der Waals surface area contributed by atoms with Crippen LogP contribution < -0.4 is 5.32 Å². The Hall–Kier alpha value is -1.93. The number of aromatic carboxylic acids is 1. The van der Waals surface area contributed by atoms with Gasteiger partial charge in [0, 0.05) is 18.8 Å². The monoisotopic (exact) mass is 368 g/mol. The summed E-state index contributed by atoms with van der Waals surface area (Å²) < 4.78 is 25.4. The molecule has 2 rings (SSSR count). The van der Waals surface area contributed by atoms with E-state index in [2.05, 4.69) is 5.32 Å². The Morgan fingerprint density at radius 3 is 2.56 bits per heavy atom. The maximum Gasteiger partial charge on any atom is 0.336 e. The van der Waals surface area contributed by atoms with E-state index in [0.29, 0.717) is 30.6 Å². The summed E-state index contributed by atoms with van der Waals surface area (Å²) in [5, 5.41) is 12.0. The number of carboxylic acid groups (broad SMARTS) is 1. The van der Waals surface area contributed by atoms with Gasteiger partial charge in [0.25, 0.3) is 0 Å². The van der Waals surface area contributed by atoms with Crippen molar-refractivity contribution in [2.45, 2.75) is 33.6 Å². The zero-order valence-corrected chi connectivity index (χ0v) is 15.5. The molecule has 1 aliphatic heterocycles. The molecule has 1 aliphatic rings. The average Bonchev–Trinajstić information content (AvgIpc) is 2.57. The zero-order chi connectivity index (χ0) is 18.8. The minimum Gasteiger partial charge on any atom is -0.478 e. The molecule has 1 aromatic carbocycles. The number of benzene rings is 1. The van der Waals surface area contributed by atoms with Gasteiger partial charge in [-0.1, -0.05) is 6.07 Å². The molecular formula is C17H24N2O5S. The highest BCUT2D eigenvalue weighted by molar-refractivity contribution is 7.89. The maximum atomic E-state index is 12.6. The Morgan fingerprint density at radius 1 is 1.28 bits per heavy atom. The molecule has 1 amide bonds. The van der Waals surface area contributed by atoms with Gasteiger partial charge in [-0.15, -0.1) is 0 Å². The molecule has 2 N–H and O–H groups in total. The summed E-state index contributed by atoms with van der Waals surface area (Å²) in [7, 11) is -3.32. The van der Waals surface area contributed by atoms with Gasteiger partial charge in [-0.3, -0.25) is 4.79 Å². The normalized spacial score (nSPS) is 18.8. The number of aryl methyl sites for hydroxylation is 2. The maximum absolute atomic E-state index is 12.6. The molecule has 8 heteroatoms. The Morgan fingerprint density at radius 2 is 1.96 bits per heavy atom. The standard InChI is InChI=1S/C17H24N2O5S/c1-4-25(23,24)19-7-5-6-13(10-19)16(20)18-15-9-14(17(21)22)11(2)8-12(15)3/h8-9,13H,4-7,10H2,1-3H3,(H,18,20)(H,21,22). The van der Waals surface area contributed by atoms with Crippen molar-refractivity contribution in [1.29, 1.82) is 0 Å². The van der Waals surface area contributed by atoms with Crippen LogP contribution >= 0.6 is 0 Å². The smallest absolute Gasteiger partial charge is 0.336 e. The second kappa shape index (κ2) is 7.53. The van der Waals surface area contributed by atoms with Gasteiger partial charge >= 0.3 is 5.97 Å². The van der Waals surface area contributed by atoms with E-state index < -0.39 is 21.9 Å². The molecule has 0 spiro atoms. The summed E-state index contributed by atoms with van der Waals surface area (Å²) in [6, 6.07) is 3.17. The molecule has 0 bridgehead atoms. The molecule has 138 valence electrons. The van der Waals surface area contributed by atoms with Crippen LogP contribution in [0, 0.1) is 19.8 Å². The van der Waals surface area contributed by atoms with Crippen LogP contribution in [0.3, 0.4) is 0 Å². The molecule has 1 aromatic rings. The number of hydrogen-bond donors (Lipinski definition) is 2. The molecule has 1 atom stereocenters. The molecule has 1 unspecified atom stereocenters. The summed E-state index contributed by atoms with van der Waals surface area (Å²) in [6.45, 7) is 5.69. The highest BCUT2D eigenvalue weighted by Gasteiger charge is 2.31. The fourth-order valence-electron chi connectivity index (χ4n) is 3.04. The van der Waals surface area contributed by atoms with Crippen molar-refractivity contribution < 1.29 is 23.1 Å². The number of hydrogen-bond acceptors (Lipinski definition) is 4. The van der Waals surface area contributed by atoms with Crippen LogP contribution in [0.4, 0.5) is 5.69 Å². The van der Waals surface area contributed by atoms with Crippen molar-refractivity contribution in [3.8, 4) is 0 Å². The number of nitrogens with zero attached hydrogens (tertiary/aromatic N) is 1.